The van der Waals surface area contributed by atoms with Crippen molar-refractivity contribution in [3.63, 3.8) is 0 Å². The molecule has 7 heteroatoms. The first-order chi connectivity index (χ1) is 11.3. The second kappa shape index (κ2) is 42.7. The van der Waals surface area contributed by atoms with Gasteiger partial charge < -0.3 is 0 Å². The molecule has 0 saturated heterocycles. The molecule has 0 aromatic heterocycles. The van der Waals surface area contributed by atoms with Gasteiger partial charge in [0.1, 0.15) is 0 Å². The summed E-state index contributed by atoms with van der Waals surface area (Å²) in [6.07, 6.45) is 4.09. The molecular formula is C16H12O6W. The summed E-state index contributed by atoms with van der Waals surface area (Å²) < 4.78 is 43.9. The first-order valence-electron chi connectivity index (χ1n) is 5.25. The number of benzene rings is 1. The summed E-state index contributed by atoms with van der Waals surface area (Å²) in [4.78, 5) is 0. The molecule has 23 heavy (non-hydrogen) atoms. The molecule has 0 aliphatic carbocycles. The van der Waals surface area contributed by atoms with Gasteiger partial charge in [0.05, 0.1) is 0 Å². The van der Waals surface area contributed by atoms with Gasteiger partial charge in [0.2, 0.25) is 0 Å². The SMILES string of the molecule is CCO[C](=[W])/C=C/c1ccccc1.[C-]#[O+].[C-]#[O+].[C-]#[O+].[C-]#[O+].[C-]#[O+]. The van der Waals surface area contributed by atoms with Crippen molar-refractivity contribution in [2.75, 3.05) is 6.61 Å². The summed E-state index contributed by atoms with van der Waals surface area (Å²) in [7, 11) is 0. The summed E-state index contributed by atoms with van der Waals surface area (Å²) in [5, 5.41) is 0. The Hall–Kier alpha value is -1.82. The van der Waals surface area contributed by atoms with E-state index < -0.39 is 0 Å². The first-order valence-corrected chi connectivity index (χ1v) is 6.71. The van der Waals surface area contributed by atoms with Crippen LogP contribution in [-0.4, -0.2) is 10.7 Å². The first kappa shape index (κ1) is 32.9. The maximum absolute atomic E-state index is 7.50. The molecule has 118 valence electrons. The number of hydrogen-bond acceptors (Lipinski definition) is 1. The van der Waals surface area contributed by atoms with E-state index in [0.29, 0.717) is 0 Å². The third-order valence-corrected chi connectivity index (χ3v) is 2.41. The molecule has 0 aliphatic rings. The van der Waals surface area contributed by atoms with Crippen LogP contribution in [0.1, 0.15) is 12.5 Å². The molecular weight excluding hydrogens is 472 g/mol. The van der Waals surface area contributed by atoms with Gasteiger partial charge in [0.25, 0.3) is 0 Å². The van der Waals surface area contributed by atoms with E-state index in [1.54, 1.807) is 0 Å². The van der Waals surface area contributed by atoms with Gasteiger partial charge in [-0.1, -0.05) is 0 Å². The van der Waals surface area contributed by atoms with Crippen molar-refractivity contribution in [2.24, 2.45) is 0 Å². The molecule has 0 aliphatic heterocycles. The summed E-state index contributed by atoms with van der Waals surface area (Å²) in [5.74, 6) is 0. The molecule has 0 radical (unpaired) electrons. The predicted molar refractivity (Wildman–Crippen MR) is 71.8 cm³/mol. The molecule has 0 spiro atoms. The van der Waals surface area contributed by atoms with Crippen LogP contribution in [0.2, 0.25) is 0 Å². The van der Waals surface area contributed by atoms with Gasteiger partial charge in [0.15, 0.2) is 0 Å². The summed E-state index contributed by atoms with van der Waals surface area (Å²) in [5.41, 5.74) is 1.21. The molecule has 1 aromatic carbocycles. The van der Waals surface area contributed by atoms with Gasteiger partial charge in [0, 0.05) is 0 Å². The zero-order chi connectivity index (χ0) is 19.5. The quantitative estimate of drug-likeness (QED) is 0.475. The topological polar surface area (TPSA) is 109 Å². The molecule has 1 rings (SSSR count). The van der Waals surface area contributed by atoms with Crippen LogP contribution in [-0.2, 0) is 47.4 Å². The van der Waals surface area contributed by atoms with E-state index in [2.05, 4.69) is 51.5 Å². The van der Waals surface area contributed by atoms with Gasteiger partial charge in [-0.2, -0.15) is 0 Å². The van der Waals surface area contributed by atoms with Crippen molar-refractivity contribution >= 4 is 10.2 Å². The molecule has 0 bridgehead atoms. The normalized spacial score (nSPS) is 6.39. The molecule has 0 heterocycles. The maximum atomic E-state index is 7.50. The molecule has 0 fully saturated rings. The second-order valence-corrected chi connectivity index (χ2v) is 3.94. The van der Waals surface area contributed by atoms with Crippen molar-refractivity contribution in [1.29, 1.82) is 0 Å². The molecule has 0 amide bonds. The van der Waals surface area contributed by atoms with Crippen LogP contribution < -0.4 is 0 Å². The Kier molecular flexibility index (Phi) is 61.2. The third-order valence-electron chi connectivity index (χ3n) is 1.50. The molecule has 0 atom stereocenters. The van der Waals surface area contributed by atoms with E-state index in [-0.39, 0.29) is 0 Å². The minimum atomic E-state index is 0.748. The summed E-state index contributed by atoms with van der Waals surface area (Å²) in [6.45, 7) is 25.2. The standard InChI is InChI=1S/C11H12O.5CO.W/c1-2-12-10-6-9-11-7-4-3-5-8-11;5*1-2;/h3-9H,2H2,1H3;;;;;;/b9-6+;;;;;;. The Morgan fingerprint density at radius 1 is 0.913 bits per heavy atom. The number of rotatable bonds is 4. The van der Waals surface area contributed by atoms with E-state index in [1.807, 2.05) is 31.2 Å². The van der Waals surface area contributed by atoms with Gasteiger partial charge in [-0.15, -0.1) is 0 Å². The average molecular weight is 484 g/mol. The second-order valence-electron chi connectivity index (χ2n) is 2.50. The molecule has 1 aromatic rings. The van der Waals surface area contributed by atoms with E-state index in [9.17, 15) is 0 Å². The van der Waals surface area contributed by atoms with Crippen molar-refractivity contribution in [1.82, 2.24) is 0 Å². The van der Waals surface area contributed by atoms with E-state index in [4.69, 9.17) is 28.0 Å². The van der Waals surface area contributed by atoms with E-state index >= 15 is 0 Å². The summed E-state index contributed by atoms with van der Waals surface area (Å²) in [6, 6.07) is 10.2. The zero-order valence-electron chi connectivity index (χ0n) is 12.1. The Balaban J connectivity index is -0.0000000923. The van der Waals surface area contributed by atoms with Crippen LogP contribution in [0.3, 0.4) is 0 Å². The molecule has 0 N–H and O–H groups in total. The van der Waals surface area contributed by atoms with E-state index in [1.165, 1.54) is 24.9 Å². The van der Waals surface area contributed by atoms with Crippen molar-refractivity contribution in [3.05, 3.63) is 75.2 Å². The van der Waals surface area contributed by atoms with Crippen molar-refractivity contribution in [3.8, 4) is 0 Å². The van der Waals surface area contributed by atoms with Gasteiger partial charge in [-0.3, -0.25) is 0 Å². The fourth-order valence-electron chi connectivity index (χ4n) is 0.919. The van der Waals surface area contributed by atoms with Crippen LogP contribution in [0.25, 0.3) is 6.08 Å². The van der Waals surface area contributed by atoms with Gasteiger partial charge in [-0.25, -0.2) is 0 Å². The minimum absolute atomic E-state index is 0.748. The average Bonchev–Trinajstić information content (AvgIpc) is 2.69. The molecule has 0 saturated carbocycles. The number of hydrogen-bond donors (Lipinski definition) is 0. The van der Waals surface area contributed by atoms with Gasteiger partial charge >= 0.3 is 146 Å². The zero-order valence-corrected chi connectivity index (χ0v) is 15.0. The third kappa shape index (κ3) is 33.2. The monoisotopic (exact) mass is 484 g/mol. The van der Waals surface area contributed by atoms with Gasteiger partial charge in [-0.05, 0) is 0 Å². The Morgan fingerprint density at radius 3 is 1.65 bits per heavy atom. The number of ether oxygens (including phenoxy) is 1. The Bertz CT molecular complexity index is 448. The van der Waals surface area contributed by atoms with Crippen molar-refractivity contribution in [2.45, 2.75) is 6.92 Å². The predicted octanol–water partition coefficient (Wildman–Crippen LogP) is 2.23. The van der Waals surface area contributed by atoms with Crippen LogP contribution in [0.5, 0.6) is 0 Å². The molecule has 6 nitrogen and oxygen atoms in total. The fraction of sp³-hybridized carbons (Fsp3) is 0.125. The van der Waals surface area contributed by atoms with Crippen molar-refractivity contribution < 1.29 is 47.4 Å². The van der Waals surface area contributed by atoms with E-state index in [0.717, 1.165) is 10.7 Å². The van der Waals surface area contributed by atoms with Crippen LogP contribution in [0, 0.1) is 33.3 Å². The summed E-state index contributed by atoms with van der Waals surface area (Å²) >= 11 is 1.36. The Morgan fingerprint density at radius 2 is 1.30 bits per heavy atom. The van der Waals surface area contributed by atoms with Crippen LogP contribution in [0.4, 0.5) is 0 Å². The Labute approximate surface area is 146 Å². The van der Waals surface area contributed by atoms with Crippen LogP contribution >= 0.6 is 0 Å². The molecule has 0 unspecified atom stereocenters. The van der Waals surface area contributed by atoms with Crippen LogP contribution in [0.15, 0.2) is 36.4 Å². The fourth-order valence-corrected chi connectivity index (χ4v) is 1.59.